The number of hydrogen-bond donors (Lipinski definition) is 2. The molecule has 0 unspecified atom stereocenters. The third-order valence-electron chi connectivity index (χ3n) is 4.13. The van der Waals surface area contributed by atoms with Crippen molar-refractivity contribution in [2.45, 2.75) is 27.2 Å². The number of carbonyl (C=O) groups excluding carboxylic acids is 2. The zero-order valence-electron chi connectivity index (χ0n) is 15.9. The van der Waals surface area contributed by atoms with Crippen molar-refractivity contribution in [1.29, 1.82) is 0 Å². The van der Waals surface area contributed by atoms with Crippen LogP contribution in [0.15, 0.2) is 36.4 Å². The molecule has 0 radical (unpaired) electrons. The molecule has 0 aliphatic heterocycles. The molecule has 144 valence electrons. The molecule has 2 aromatic carbocycles. The molecule has 0 heterocycles. The Kier molecular flexibility index (Phi) is 7.85. The molecule has 2 N–H and O–H groups in total. The Bertz CT molecular complexity index is 783. The number of aryl methyl sites for hydroxylation is 3. The third-order valence-corrected chi connectivity index (χ3v) is 5.06. The molecular formula is C21H25FN2O2S. The van der Waals surface area contributed by atoms with Crippen molar-refractivity contribution in [3.8, 4) is 0 Å². The van der Waals surface area contributed by atoms with Gasteiger partial charge >= 0.3 is 0 Å². The van der Waals surface area contributed by atoms with Crippen molar-refractivity contribution < 1.29 is 14.0 Å². The van der Waals surface area contributed by atoms with E-state index < -0.39 is 0 Å². The lowest BCUT2D eigenvalue weighted by Crippen LogP contribution is -2.28. The van der Waals surface area contributed by atoms with Gasteiger partial charge in [0.05, 0.1) is 11.5 Å². The lowest BCUT2D eigenvalue weighted by Gasteiger charge is -2.12. The molecule has 0 spiro atoms. The lowest BCUT2D eigenvalue weighted by molar-refractivity contribution is -0.118. The molecule has 6 heteroatoms. The van der Waals surface area contributed by atoms with Gasteiger partial charge in [0.2, 0.25) is 11.8 Å². The van der Waals surface area contributed by atoms with Crippen LogP contribution in [-0.2, 0) is 16.0 Å². The number of benzene rings is 2. The Morgan fingerprint density at radius 2 is 1.56 bits per heavy atom. The number of nitrogens with one attached hydrogen (secondary N) is 2. The van der Waals surface area contributed by atoms with Gasteiger partial charge in [-0.25, -0.2) is 4.39 Å². The highest BCUT2D eigenvalue weighted by Crippen LogP contribution is 2.16. The minimum absolute atomic E-state index is 0.0861. The number of halogens is 1. The van der Waals surface area contributed by atoms with Gasteiger partial charge in [-0.05, 0) is 68.1 Å². The maximum atomic E-state index is 12.8. The summed E-state index contributed by atoms with van der Waals surface area (Å²) in [5, 5.41) is 5.56. The van der Waals surface area contributed by atoms with E-state index in [9.17, 15) is 14.0 Å². The third kappa shape index (κ3) is 7.06. The van der Waals surface area contributed by atoms with Gasteiger partial charge in [0.1, 0.15) is 5.82 Å². The molecule has 0 atom stereocenters. The first-order valence-corrected chi connectivity index (χ1v) is 9.97. The van der Waals surface area contributed by atoms with Gasteiger partial charge < -0.3 is 10.6 Å². The zero-order chi connectivity index (χ0) is 19.8. The molecule has 0 saturated heterocycles. The first-order valence-electron chi connectivity index (χ1n) is 8.81. The second kappa shape index (κ2) is 10.1. The average Bonchev–Trinajstić information content (AvgIpc) is 2.59. The van der Waals surface area contributed by atoms with Crippen molar-refractivity contribution in [3.63, 3.8) is 0 Å². The van der Waals surface area contributed by atoms with Crippen LogP contribution in [-0.4, -0.2) is 29.9 Å². The van der Waals surface area contributed by atoms with E-state index in [4.69, 9.17) is 0 Å². The van der Waals surface area contributed by atoms with Gasteiger partial charge in [-0.1, -0.05) is 17.7 Å². The fourth-order valence-electron chi connectivity index (χ4n) is 2.95. The number of anilines is 1. The standard InChI is InChI=1S/C21H25FN2O2S/c1-14-10-15(2)19(16(3)11-14)8-9-23-20(25)12-27-13-21(26)24-18-6-4-17(22)5-7-18/h4-7,10-11H,8-9,12-13H2,1-3H3,(H,23,25)(H,24,26). The van der Waals surface area contributed by atoms with Crippen LogP contribution in [0.3, 0.4) is 0 Å². The normalized spacial score (nSPS) is 10.5. The van der Waals surface area contributed by atoms with Crippen molar-refractivity contribution in [2.24, 2.45) is 0 Å². The Labute approximate surface area is 163 Å². The first kappa shape index (κ1) is 21.0. The molecule has 2 rings (SSSR count). The maximum absolute atomic E-state index is 12.8. The summed E-state index contributed by atoms with van der Waals surface area (Å²) in [5.41, 5.74) is 5.54. The highest BCUT2D eigenvalue weighted by molar-refractivity contribution is 8.00. The molecule has 4 nitrogen and oxygen atoms in total. The van der Waals surface area contributed by atoms with Crippen LogP contribution in [0.2, 0.25) is 0 Å². The van der Waals surface area contributed by atoms with E-state index >= 15 is 0 Å². The summed E-state index contributed by atoms with van der Waals surface area (Å²) < 4.78 is 12.8. The number of rotatable bonds is 8. The van der Waals surface area contributed by atoms with Crippen LogP contribution in [0.4, 0.5) is 10.1 Å². The van der Waals surface area contributed by atoms with E-state index in [0.29, 0.717) is 12.2 Å². The van der Waals surface area contributed by atoms with Gasteiger partial charge in [-0.2, -0.15) is 0 Å². The van der Waals surface area contributed by atoms with Crippen molar-refractivity contribution in [2.75, 3.05) is 23.4 Å². The second-order valence-corrected chi connectivity index (χ2v) is 7.51. The van der Waals surface area contributed by atoms with E-state index in [2.05, 4.69) is 43.5 Å². The van der Waals surface area contributed by atoms with E-state index in [1.54, 1.807) is 0 Å². The van der Waals surface area contributed by atoms with E-state index in [1.807, 2.05) is 0 Å². The van der Waals surface area contributed by atoms with Gasteiger partial charge in [-0.3, -0.25) is 9.59 Å². The molecule has 0 aliphatic carbocycles. The summed E-state index contributed by atoms with van der Waals surface area (Å²) in [6.07, 6.45) is 0.791. The molecule has 27 heavy (non-hydrogen) atoms. The SMILES string of the molecule is Cc1cc(C)c(CCNC(=O)CSCC(=O)Nc2ccc(F)cc2)c(C)c1. The van der Waals surface area contributed by atoms with Crippen LogP contribution in [0.1, 0.15) is 22.3 Å². The number of thioether (sulfide) groups is 1. The Morgan fingerprint density at radius 1 is 0.963 bits per heavy atom. The predicted octanol–water partition coefficient (Wildman–Crippen LogP) is 3.78. The molecule has 0 aliphatic rings. The van der Waals surface area contributed by atoms with Crippen molar-refractivity contribution >= 4 is 29.3 Å². The van der Waals surface area contributed by atoms with Crippen LogP contribution in [0, 0.1) is 26.6 Å². The summed E-state index contributed by atoms with van der Waals surface area (Å²) in [4.78, 5) is 23.8. The number of hydrogen-bond acceptors (Lipinski definition) is 3. The Hall–Kier alpha value is -2.34. The molecule has 2 amide bonds. The maximum Gasteiger partial charge on any atom is 0.234 e. The van der Waals surface area contributed by atoms with Gasteiger partial charge in [0.15, 0.2) is 0 Å². The Balaban J connectivity index is 1.66. The minimum atomic E-state index is -0.352. The van der Waals surface area contributed by atoms with Crippen LogP contribution in [0.25, 0.3) is 0 Å². The van der Waals surface area contributed by atoms with E-state index in [0.717, 1.165) is 6.42 Å². The smallest absolute Gasteiger partial charge is 0.234 e. The summed E-state index contributed by atoms with van der Waals surface area (Å²) in [6, 6.07) is 9.88. The van der Waals surface area contributed by atoms with Gasteiger partial charge in [0, 0.05) is 12.2 Å². The zero-order valence-corrected chi connectivity index (χ0v) is 16.7. The van der Waals surface area contributed by atoms with Crippen LogP contribution >= 0.6 is 11.8 Å². The van der Waals surface area contributed by atoms with E-state index in [-0.39, 0.29) is 29.1 Å². The molecule has 0 fully saturated rings. The fraction of sp³-hybridized carbons (Fsp3) is 0.333. The highest BCUT2D eigenvalue weighted by atomic mass is 32.2. The van der Waals surface area contributed by atoms with Gasteiger partial charge in [0.25, 0.3) is 0 Å². The van der Waals surface area contributed by atoms with Crippen LogP contribution in [0.5, 0.6) is 0 Å². The molecule has 0 bridgehead atoms. The number of carbonyl (C=O) groups is 2. The van der Waals surface area contributed by atoms with E-state index in [1.165, 1.54) is 58.3 Å². The van der Waals surface area contributed by atoms with Crippen molar-refractivity contribution in [1.82, 2.24) is 5.32 Å². The summed E-state index contributed by atoms with van der Waals surface area (Å²) >= 11 is 1.25. The average molecular weight is 389 g/mol. The molecule has 0 aromatic heterocycles. The van der Waals surface area contributed by atoms with Crippen molar-refractivity contribution in [3.05, 3.63) is 64.5 Å². The molecule has 2 aromatic rings. The quantitative estimate of drug-likeness (QED) is 0.724. The Morgan fingerprint density at radius 3 is 2.19 bits per heavy atom. The molecular weight excluding hydrogens is 363 g/mol. The predicted molar refractivity (Wildman–Crippen MR) is 110 cm³/mol. The van der Waals surface area contributed by atoms with Crippen LogP contribution < -0.4 is 10.6 Å². The summed E-state index contributed by atoms with van der Waals surface area (Å²) in [5.74, 6) is -0.263. The second-order valence-electron chi connectivity index (χ2n) is 6.53. The monoisotopic (exact) mass is 388 g/mol. The summed E-state index contributed by atoms with van der Waals surface area (Å²) in [6.45, 7) is 6.83. The number of amides is 2. The first-order chi connectivity index (χ1) is 12.8. The van der Waals surface area contributed by atoms with Gasteiger partial charge in [-0.15, -0.1) is 11.8 Å². The minimum Gasteiger partial charge on any atom is -0.355 e. The fourth-order valence-corrected chi connectivity index (χ4v) is 3.60. The summed E-state index contributed by atoms with van der Waals surface area (Å²) in [7, 11) is 0. The lowest BCUT2D eigenvalue weighted by atomic mass is 9.97. The molecule has 0 saturated carbocycles. The largest absolute Gasteiger partial charge is 0.355 e. The highest BCUT2D eigenvalue weighted by Gasteiger charge is 2.08. The topological polar surface area (TPSA) is 58.2 Å².